The van der Waals surface area contributed by atoms with Crippen molar-refractivity contribution in [2.75, 3.05) is 14.2 Å². The van der Waals surface area contributed by atoms with Gasteiger partial charge in [0.15, 0.2) is 0 Å². The van der Waals surface area contributed by atoms with E-state index in [9.17, 15) is 9.90 Å². The molecule has 1 atom stereocenters. The Labute approximate surface area is 163 Å². The fourth-order valence-corrected chi connectivity index (χ4v) is 2.74. The average molecular weight is 378 g/mol. The fourth-order valence-electron chi connectivity index (χ4n) is 2.74. The average Bonchev–Trinajstić information content (AvgIpc) is 2.68. The first-order valence-electron chi connectivity index (χ1n) is 9.82. The second-order valence-electron chi connectivity index (χ2n) is 6.40. The highest BCUT2D eigenvalue weighted by Crippen LogP contribution is 2.24. The van der Waals surface area contributed by atoms with Gasteiger partial charge in [0.25, 0.3) is 0 Å². The summed E-state index contributed by atoms with van der Waals surface area (Å²) in [6.07, 6.45) is 12.8. The molecule has 0 spiro atoms. The Morgan fingerprint density at radius 3 is 2.52 bits per heavy atom. The van der Waals surface area contributed by atoms with Gasteiger partial charge in [0.2, 0.25) is 0 Å². The number of nitroso groups, excluding NO2 is 1. The van der Waals surface area contributed by atoms with Gasteiger partial charge in [0.1, 0.15) is 0 Å². The smallest absolute Gasteiger partial charge is 0.305 e. The lowest BCUT2D eigenvalue weighted by atomic mass is 9.98. The second-order valence-corrected chi connectivity index (χ2v) is 6.40. The molecule has 0 radical (unpaired) electrons. The highest BCUT2D eigenvalue weighted by molar-refractivity contribution is 5.69. The van der Waals surface area contributed by atoms with E-state index in [1.165, 1.54) is 46.3 Å². The number of ether oxygens (including phenoxy) is 1. The van der Waals surface area contributed by atoms with E-state index in [-0.39, 0.29) is 5.97 Å². The minimum absolute atomic E-state index is 0.224. The lowest BCUT2D eigenvalue weighted by Crippen LogP contribution is -2.04. The van der Waals surface area contributed by atoms with Crippen LogP contribution in [-0.2, 0) is 9.53 Å². The van der Waals surface area contributed by atoms with Gasteiger partial charge in [0.05, 0.1) is 20.3 Å². The van der Waals surface area contributed by atoms with Crippen LogP contribution in [0.25, 0.3) is 6.08 Å². The molecule has 27 heavy (non-hydrogen) atoms. The Hall–Kier alpha value is -2.01. The first kappa shape index (κ1) is 25.0. The lowest BCUT2D eigenvalue weighted by molar-refractivity contribution is -0.140. The van der Waals surface area contributed by atoms with E-state index < -0.39 is 6.10 Å². The third-order valence-electron chi connectivity index (χ3n) is 4.21. The molecule has 0 aliphatic heterocycles. The van der Waals surface area contributed by atoms with Crippen molar-refractivity contribution in [2.45, 2.75) is 70.8 Å². The highest BCUT2D eigenvalue weighted by Gasteiger charge is 2.11. The number of benzene rings is 1. The van der Waals surface area contributed by atoms with Crippen molar-refractivity contribution in [1.29, 1.82) is 0 Å². The zero-order valence-corrected chi connectivity index (χ0v) is 17.0. The van der Waals surface area contributed by atoms with E-state index in [2.05, 4.69) is 29.0 Å². The predicted octanol–water partition coefficient (Wildman–Crippen LogP) is 5.82. The zero-order valence-electron chi connectivity index (χ0n) is 17.0. The Balaban J connectivity index is 0.00000210. The molecule has 0 amide bonds. The number of aliphatic hydroxyl groups excluding tert-OH is 1. The molecule has 0 bridgehead atoms. The van der Waals surface area contributed by atoms with Gasteiger partial charge in [-0.2, -0.15) is 4.91 Å². The topological polar surface area (TPSA) is 76.0 Å². The number of rotatable bonds is 12. The molecule has 1 rings (SSSR count). The maximum atomic E-state index is 11.2. The summed E-state index contributed by atoms with van der Waals surface area (Å²) >= 11 is 0. The summed E-state index contributed by atoms with van der Waals surface area (Å²) in [6.45, 7) is 2.23. The summed E-state index contributed by atoms with van der Waals surface area (Å²) < 4.78 is 4.63. The third-order valence-corrected chi connectivity index (χ3v) is 4.21. The van der Waals surface area contributed by atoms with Crippen LogP contribution in [0, 0.1) is 4.91 Å². The molecule has 1 aromatic carbocycles. The number of carbonyl (C=O) groups is 1. The first-order valence-corrected chi connectivity index (χ1v) is 9.82. The minimum atomic E-state index is -0.542. The van der Waals surface area contributed by atoms with Crippen LogP contribution in [0.1, 0.15) is 81.9 Å². The summed E-state index contributed by atoms with van der Waals surface area (Å²) in [4.78, 5) is 19.7. The molecule has 0 aliphatic carbocycles. The fraction of sp³-hybridized carbons (Fsp3) is 0.591. The summed E-state index contributed by atoms with van der Waals surface area (Å²) in [5, 5.41) is 12.7. The maximum absolute atomic E-state index is 11.2. The van der Waals surface area contributed by atoms with E-state index in [1.807, 2.05) is 24.3 Å². The molecule has 152 valence electrons. The van der Waals surface area contributed by atoms with Gasteiger partial charge in [-0.25, -0.2) is 0 Å². The molecule has 0 aliphatic rings. The van der Waals surface area contributed by atoms with Crippen molar-refractivity contribution in [1.82, 2.24) is 0 Å². The number of unbranched alkanes of at least 4 members (excludes halogenated alkanes) is 5. The van der Waals surface area contributed by atoms with Gasteiger partial charge in [-0.05, 0) is 36.8 Å². The second kappa shape index (κ2) is 17.4. The van der Waals surface area contributed by atoms with Crippen molar-refractivity contribution in [2.24, 2.45) is 5.18 Å². The van der Waals surface area contributed by atoms with Gasteiger partial charge in [-0.15, -0.1) is 0 Å². The van der Waals surface area contributed by atoms with Crippen LogP contribution >= 0.6 is 0 Å². The van der Waals surface area contributed by atoms with Crippen LogP contribution in [0.2, 0.25) is 0 Å². The lowest BCUT2D eigenvalue weighted by Gasteiger charge is -2.13. The van der Waals surface area contributed by atoms with Crippen LogP contribution in [-0.4, -0.2) is 25.2 Å². The molecular weight excluding hydrogens is 342 g/mol. The van der Waals surface area contributed by atoms with Gasteiger partial charge < -0.3 is 9.84 Å². The monoisotopic (exact) mass is 377 g/mol. The van der Waals surface area contributed by atoms with Gasteiger partial charge >= 0.3 is 5.97 Å². The standard InChI is InChI=1S/C21H32O3.CH3NO/c1-3-4-5-6-7-8-9-13-18-14-10-11-15-19(18)20(22)16-12-17-21(23)24-2;1-2-3/h9-11,13-15,20,22H,3-8,12,16-17H2,1-2H3;1H3/b13-9+;. The van der Waals surface area contributed by atoms with Crippen molar-refractivity contribution in [3.05, 3.63) is 46.4 Å². The third kappa shape index (κ3) is 12.9. The Morgan fingerprint density at radius 2 is 1.85 bits per heavy atom. The molecule has 1 N–H and O–H groups in total. The molecule has 0 heterocycles. The van der Waals surface area contributed by atoms with Gasteiger partial charge in [0, 0.05) is 6.42 Å². The van der Waals surface area contributed by atoms with Crippen molar-refractivity contribution >= 4 is 12.0 Å². The molecule has 5 heteroatoms. The van der Waals surface area contributed by atoms with E-state index in [0.717, 1.165) is 17.5 Å². The maximum Gasteiger partial charge on any atom is 0.305 e. The van der Waals surface area contributed by atoms with Gasteiger partial charge in [-0.3, -0.25) is 4.79 Å². The summed E-state index contributed by atoms with van der Waals surface area (Å²) in [6, 6.07) is 7.93. The van der Waals surface area contributed by atoms with Crippen LogP contribution < -0.4 is 0 Å². The van der Waals surface area contributed by atoms with Gasteiger partial charge in [-0.1, -0.05) is 74.2 Å². The number of hydrogen-bond acceptors (Lipinski definition) is 5. The summed E-state index contributed by atoms with van der Waals surface area (Å²) in [5.41, 5.74) is 2.00. The van der Waals surface area contributed by atoms with Crippen molar-refractivity contribution in [3.8, 4) is 0 Å². The quantitative estimate of drug-likeness (QED) is 0.283. The number of aliphatic hydroxyl groups is 1. The van der Waals surface area contributed by atoms with Crippen LogP contribution in [0.3, 0.4) is 0 Å². The zero-order chi connectivity index (χ0) is 20.3. The predicted molar refractivity (Wildman–Crippen MR) is 111 cm³/mol. The number of nitrogens with zero attached hydrogens (tertiary/aromatic N) is 1. The van der Waals surface area contributed by atoms with Crippen molar-refractivity contribution in [3.63, 3.8) is 0 Å². The SMILES string of the molecule is CCCCCCC/C=C/c1ccccc1C(O)CCCC(=O)OC.CN=O. The van der Waals surface area contributed by atoms with Crippen molar-refractivity contribution < 1.29 is 14.6 Å². The summed E-state index contributed by atoms with van der Waals surface area (Å²) in [5.74, 6) is -0.224. The number of hydrogen-bond donors (Lipinski definition) is 1. The first-order chi connectivity index (χ1) is 13.1. The summed E-state index contributed by atoms with van der Waals surface area (Å²) in [7, 11) is 2.58. The molecule has 0 saturated carbocycles. The number of esters is 1. The van der Waals surface area contributed by atoms with E-state index >= 15 is 0 Å². The molecule has 1 unspecified atom stereocenters. The Kier molecular flexibility index (Phi) is 16.1. The normalized spacial score (nSPS) is 11.6. The van der Waals surface area contributed by atoms with E-state index in [0.29, 0.717) is 19.3 Å². The Morgan fingerprint density at radius 1 is 1.19 bits per heavy atom. The molecule has 0 saturated heterocycles. The van der Waals surface area contributed by atoms with Crippen LogP contribution in [0.15, 0.2) is 35.5 Å². The molecular formula is C22H35NO4. The molecule has 0 fully saturated rings. The highest BCUT2D eigenvalue weighted by atomic mass is 16.5. The van der Waals surface area contributed by atoms with E-state index in [4.69, 9.17) is 4.91 Å². The van der Waals surface area contributed by atoms with Crippen LogP contribution in [0.5, 0.6) is 0 Å². The minimum Gasteiger partial charge on any atom is -0.469 e. The van der Waals surface area contributed by atoms with E-state index in [1.54, 1.807) is 0 Å². The number of carbonyl (C=O) groups excluding carboxylic acids is 1. The number of methoxy groups -OCH3 is 1. The largest absolute Gasteiger partial charge is 0.469 e. The molecule has 0 aromatic heterocycles. The Bertz CT molecular complexity index is 543. The molecule has 1 aromatic rings. The number of allylic oxidation sites excluding steroid dienone is 1. The van der Waals surface area contributed by atoms with Crippen LogP contribution in [0.4, 0.5) is 0 Å². The molecule has 5 nitrogen and oxygen atoms in total.